The summed E-state index contributed by atoms with van der Waals surface area (Å²) in [5, 5.41) is 21.1. The maximum atomic E-state index is 11.7. The highest BCUT2D eigenvalue weighted by atomic mass is 16.7. The van der Waals surface area contributed by atoms with E-state index in [-0.39, 0.29) is 37.2 Å². The number of aliphatic hydroxyl groups excluding tert-OH is 2. The van der Waals surface area contributed by atoms with Crippen LogP contribution in [-0.4, -0.2) is 65.7 Å². The third-order valence-corrected chi connectivity index (χ3v) is 10.1. The zero-order valence-corrected chi connectivity index (χ0v) is 29.4. The number of carbonyl (C=O) groups is 1. The van der Waals surface area contributed by atoms with Crippen LogP contribution in [0.25, 0.3) is 0 Å². The van der Waals surface area contributed by atoms with Gasteiger partial charge < -0.3 is 29.2 Å². The molecule has 0 aromatic rings. The Morgan fingerprint density at radius 1 is 0.783 bits per heavy atom. The maximum absolute atomic E-state index is 11.7. The SMILES string of the molecule is CCCCCCCCCCCC/C=C\CC[C@@H](O)[C@H]1CC[C@@H]([C@@H]2CC[C@@H](CCCCCCC(O)CC3=CC(C)OC3=O)O2)OCO1. The summed E-state index contributed by atoms with van der Waals surface area (Å²) in [4.78, 5) is 11.7. The first kappa shape index (κ1) is 39.2. The van der Waals surface area contributed by atoms with Crippen LogP contribution in [0.5, 0.6) is 0 Å². The Balaban J connectivity index is 1.15. The van der Waals surface area contributed by atoms with Crippen molar-refractivity contribution in [3.05, 3.63) is 23.8 Å². The molecule has 0 bridgehead atoms. The van der Waals surface area contributed by atoms with Gasteiger partial charge in [0.1, 0.15) is 12.9 Å². The molecule has 2 unspecified atom stereocenters. The Labute approximate surface area is 280 Å². The maximum Gasteiger partial charge on any atom is 0.334 e. The van der Waals surface area contributed by atoms with Gasteiger partial charge in [-0.3, -0.25) is 0 Å². The second kappa shape index (κ2) is 24.0. The van der Waals surface area contributed by atoms with Crippen LogP contribution in [0.2, 0.25) is 0 Å². The number of ether oxygens (including phenoxy) is 4. The van der Waals surface area contributed by atoms with Gasteiger partial charge >= 0.3 is 5.97 Å². The molecular weight excluding hydrogens is 580 g/mol. The van der Waals surface area contributed by atoms with E-state index in [1.807, 2.05) is 13.0 Å². The molecule has 2 fully saturated rings. The van der Waals surface area contributed by atoms with E-state index in [4.69, 9.17) is 18.9 Å². The molecule has 0 amide bonds. The highest BCUT2D eigenvalue weighted by Crippen LogP contribution is 2.31. The smallest absolute Gasteiger partial charge is 0.334 e. The van der Waals surface area contributed by atoms with Crippen LogP contribution in [0.1, 0.15) is 168 Å². The van der Waals surface area contributed by atoms with Crippen LogP contribution in [0.4, 0.5) is 0 Å². The lowest BCUT2D eigenvalue weighted by atomic mass is 9.98. The molecule has 7 atom stereocenters. The molecule has 266 valence electrons. The van der Waals surface area contributed by atoms with E-state index in [0.29, 0.717) is 24.5 Å². The van der Waals surface area contributed by atoms with Gasteiger partial charge in [-0.25, -0.2) is 4.79 Å². The predicted octanol–water partition coefficient (Wildman–Crippen LogP) is 9.03. The van der Waals surface area contributed by atoms with Crippen LogP contribution in [0, 0.1) is 0 Å². The Morgan fingerprint density at radius 3 is 2.20 bits per heavy atom. The van der Waals surface area contributed by atoms with E-state index < -0.39 is 12.2 Å². The lowest BCUT2D eigenvalue weighted by Crippen LogP contribution is -2.29. The van der Waals surface area contributed by atoms with Crippen LogP contribution in [-0.2, 0) is 23.7 Å². The highest BCUT2D eigenvalue weighted by Gasteiger charge is 2.35. The van der Waals surface area contributed by atoms with Crippen LogP contribution in [0.15, 0.2) is 23.8 Å². The molecule has 0 saturated carbocycles. The number of unbranched alkanes of at least 4 members (excludes halogenated alkanes) is 13. The van der Waals surface area contributed by atoms with Gasteiger partial charge in [-0.15, -0.1) is 0 Å². The van der Waals surface area contributed by atoms with Gasteiger partial charge in [0.25, 0.3) is 0 Å². The zero-order valence-electron chi connectivity index (χ0n) is 29.4. The summed E-state index contributed by atoms with van der Waals surface area (Å²) in [5.74, 6) is -0.284. The number of carbonyl (C=O) groups excluding carboxylic acids is 1. The summed E-state index contributed by atoms with van der Waals surface area (Å²) in [6.45, 7) is 4.35. The molecule has 7 heteroatoms. The van der Waals surface area contributed by atoms with Gasteiger partial charge in [0, 0.05) is 12.0 Å². The molecule has 3 aliphatic rings. The standard InChI is InChI=1S/C39H68O7/c1-3-4-5-6-7-8-9-10-11-12-13-14-15-20-23-35(41)36-26-27-37(44-30-43-36)38-25-24-34(46-38)22-19-17-16-18-21-33(40)29-32-28-31(2)45-39(32)42/h14-15,28,31,33-38,40-41H,3-13,16-27,29-30H2,1-2H3/b15-14-/t31?,33?,34-,35-,36-,37+,38+/m1/s1. The van der Waals surface area contributed by atoms with E-state index in [1.165, 1.54) is 64.2 Å². The third-order valence-electron chi connectivity index (χ3n) is 10.1. The van der Waals surface area contributed by atoms with E-state index >= 15 is 0 Å². The van der Waals surface area contributed by atoms with Gasteiger partial charge in [-0.2, -0.15) is 0 Å². The molecule has 0 aliphatic carbocycles. The largest absolute Gasteiger partial charge is 0.455 e. The van der Waals surface area contributed by atoms with Crippen molar-refractivity contribution in [2.24, 2.45) is 0 Å². The average Bonchev–Trinajstić information content (AvgIpc) is 3.54. The lowest BCUT2D eigenvalue weighted by molar-refractivity contribution is -0.145. The van der Waals surface area contributed by atoms with Gasteiger partial charge in [0.05, 0.1) is 36.6 Å². The van der Waals surface area contributed by atoms with Crippen molar-refractivity contribution in [2.75, 3.05) is 6.79 Å². The first-order chi connectivity index (χ1) is 22.5. The van der Waals surface area contributed by atoms with Crippen LogP contribution in [0.3, 0.4) is 0 Å². The summed E-state index contributed by atoms with van der Waals surface area (Å²) >= 11 is 0. The number of esters is 1. The molecule has 46 heavy (non-hydrogen) atoms. The lowest BCUT2D eigenvalue weighted by Gasteiger charge is -2.22. The van der Waals surface area contributed by atoms with Crippen molar-refractivity contribution in [3.63, 3.8) is 0 Å². The fraction of sp³-hybridized carbons (Fsp3) is 0.872. The Bertz CT molecular complexity index is 857. The van der Waals surface area contributed by atoms with Gasteiger partial charge in [-0.1, -0.05) is 103 Å². The zero-order chi connectivity index (χ0) is 32.8. The van der Waals surface area contributed by atoms with Gasteiger partial charge in [0.2, 0.25) is 0 Å². The van der Waals surface area contributed by atoms with E-state index in [0.717, 1.165) is 77.0 Å². The molecule has 2 N–H and O–H groups in total. The number of hydrogen-bond donors (Lipinski definition) is 2. The quantitative estimate of drug-likeness (QED) is 0.0580. The monoisotopic (exact) mass is 648 g/mol. The molecule has 3 heterocycles. The summed E-state index contributed by atoms with van der Waals surface area (Å²) in [6, 6.07) is 0. The second-order valence-corrected chi connectivity index (χ2v) is 14.2. The fourth-order valence-electron chi connectivity index (χ4n) is 7.21. The minimum absolute atomic E-state index is 0.0416. The molecule has 0 aromatic heterocycles. The number of hydrogen-bond acceptors (Lipinski definition) is 7. The molecule has 0 radical (unpaired) electrons. The molecule has 0 spiro atoms. The summed E-state index contributed by atoms with van der Waals surface area (Å²) in [7, 11) is 0. The van der Waals surface area contributed by atoms with Crippen molar-refractivity contribution in [3.8, 4) is 0 Å². The van der Waals surface area contributed by atoms with Crippen molar-refractivity contribution in [1.29, 1.82) is 0 Å². The Morgan fingerprint density at radius 2 is 1.46 bits per heavy atom. The topological polar surface area (TPSA) is 94.5 Å². The number of rotatable bonds is 25. The molecular formula is C39H68O7. The average molecular weight is 649 g/mol. The minimum atomic E-state index is -0.479. The second-order valence-electron chi connectivity index (χ2n) is 14.2. The number of aliphatic hydroxyl groups is 2. The molecule has 7 nitrogen and oxygen atoms in total. The molecule has 3 rings (SSSR count). The van der Waals surface area contributed by atoms with Crippen molar-refractivity contribution in [1.82, 2.24) is 0 Å². The van der Waals surface area contributed by atoms with Crippen molar-refractivity contribution < 1.29 is 34.0 Å². The molecule has 3 aliphatic heterocycles. The van der Waals surface area contributed by atoms with Crippen molar-refractivity contribution >= 4 is 5.97 Å². The number of allylic oxidation sites excluding steroid dienone is 2. The number of cyclic esters (lactones) is 1. The molecule has 0 aromatic carbocycles. The predicted molar refractivity (Wildman–Crippen MR) is 185 cm³/mol. The van der Waals surface area contributed by atoms with Crippen molar-refractivity contribution in [2.45, 2.75) is 211 Å². The van der Waals surface area contributed by atoms with Gasteiger partial charge in [0.15, 0.2) is 0 Å². The van der Waals surface area contributed by atoms with Gasteiger partial charge in [-0.05, 0) is 77.2 Å². The Hall–Kier alpha value is -1.25. The van der Waals surface area contributed by atoms with Crippen LogP contribution < -0.4 is 0 Å². The fourth-order valence-corrected chi connectivity index (χ4v) is 7.21. The van der Waals surface area contributed by atoms with Crippen LogP contribution >= 0.6 is 0 Å². The molecule has 2 saturated heterocycles. The highest BCUT2D eigenvalue weighted by molar-refractivity contribution is 5.90. The first-order valence-corrected chi connectivity index (χ1v) is 19.3. The Kier molecular flexibility index (Phi) is 20.4. The van der Waals surface area contributed by atoms with E-state index in [1.54, 1.807) is 0 Å². The van der Waals surface area contributed by atoms with E-state index in [2.05, 4.69) is 19.1 Å². The third kappa shape index (κ3) is 16.2. The van der Waals surface area contributed by atoms with E-state index in [9.17, 15) is 15.0 Å². The summed E-state index contributed by atoms with van der Waals surface area (Å²) in [5.41, 5.74) is 0.612. The normalized spacial score (nSPS) is 26.7. The summed E-state index contributed by atoms with van der Waals surface area (Å²) in [6.07, 6.45) is 32.2. The minimum Gasteiger partial charge on any atom is -0.455 e. The summed E-state index contributed by atoms with van der Waals surface area (Å²) < 4.78 is 23.5. The first-order valence-electron chi connectivity index (χ1n) is 19.3.